The summed E-state index contributed by atoms with van der Waals surface area (Å²) in [4.78, 5) is 14.0. The number of aromatic hydroxyl groups is 4. The molecule has 18 heteroatoms. The van der Waals surface area contributed by atoms with Crippen LogP contribution in [0, 0.1) is 0 Å². The third kappa shape index (κ3) is 5.75. The molecule has 2 saturated heterocycles. The lowest BCUT2D eigenvalue weighted by Gasteiger charge is -2.45. The van der Waals surface area contributed by atoms with Crippen molar-refractivity contribution in [2.75, 3.05) is 20.3 Å². The van der Waals surface area contributed by atoms with Crippen molar-refractivity contribution < 1.29 is 84.3 Å². The van der Waals surface area contributed by atoms with Gasteiger partial charge in [0.05, 0.1) is 20.3 Å². The molecule has 2 aromatic carbocycles. The third-order valence-corrected chi connectivity index (χ3v) is 7.68. The highest BCUT2D eigenvalue weighted by molar-refractivity contribution is 5.93. The predicted molar refractivity (Wildman–Crippen MR) is 148 cm³/mol. The van der Waals surface area contributed by atoms with Crippen LogP contribution >= 0.6 is 0 Å². The minimum absolute atomic E-state index is 0.115. The number of hydrogen-bond acceptors (Lipinski definition) is 18. The average Bonchev–Trinajstić information content (AvgIpc) is 3.02. The number of hydrogen-bond donors (Lipinski definition) is 11. The van der Waals surface area contributed by atoms with Crippen molar-refractivity contribution in [3.05, 3.63) is 34.5 Å². The van der Waals surface area contributed by atoms with Crippen LogP contribution in [-0.2, 0) is 14.2 Å². The second-order valence-corrected chi connectivity index (χ2v) is 10.6. The molecule has 3 heterocycles. The van der Waals surface area contributed by atoms with Gasteiger partial charge in [-0.05, 0) is 18.2 Å². The van der Waals surface area contributed by atoms with E-state index in [0.717, 1.165) is 25.3 Å². The van der Waals surface area contributed by atoms with E-state index in [4.69, 9.17) is 28.1 Å². The first-order chi connectivity index (χ1) is 21.8. The molecule has 46 heavy (non-hydrogen) atoms. The van der Waals surface area contributed by atoms with Gasteiger partial charge in [-0.25, -0.2) is 0 Å². The van der Waals surface area contributed by atoms with Crippen LogP contribution in [-0.4, -0.2) is 138 Å². The number of rotatable bonds is 8. The maximum Gasteiger partial charge on any atom is 0.239 e. The fourth-order valence-corrected chi connectivity index (χ4v) is 5.20. The molecule has 10 unspecified atom stereocenters. The Balaban J connectivity index is 1.65. The smallest absolute Gasteiger partial charge is 0.239 e. The number of aliphatic hydroxyl groups is 7. The monoisotopic (exact) mass is 656 g/mol. The number of ether oxygens (including phenoxy) is 5. The summed E-state index contributed by atoms with van der Waals surface area (Å²) < 4.78 is 33.4. The highest BCUT2D eigenvalue weighted by atomic mass is 16.8. The topological polar surface area (TPSA) is 299 Å². The van der Waals surface area contributed by atoms with Gasteiger partial charge < -0.3 is 84.3 Å². The Labute approximate surface area is 257 Å². The van der Waals surface area contributed by atoms with Gasteiger partial charge >= 0.3 is 0 Å². The van der Waals surface area contributed by atoms with Gasteiger partial charge in [0, 0.05) is 11.6 Å². The number of aliphatic hydroxyl groups excluding tert-OH is 7. The highest BCUT2D eigenvalue weighted by Crippen LogP contribution is 2.44. The summed E-state index contributed by atoms with van der Waals surface area (Å²) in [5.74, 6) is -4.27. The lowest BCUT2D eigenvalue weighted by atomic mass is 9.97. The van der Waals surface area contributed by atoms with Gasteiger partial charge in [-0.1, -0.05) is 0 Å². The van der Waals surface area contributed by atoms with E-state index in [-0.39, 0.29) is 11.3 Å². The molecule has 11 N–H and O–H groups in total. The van der Waals surface area contributed by atoms with Gasteiger partial charge in [0.15, 0.2) is 41.0 Å². The molecule has 1 aromatic heterocycles. The van der Waals surface area contributed by atoms with Crippen LogP contribution in [0.3, 0.4) is 0 Å². The molecule has 0 amide bonds. The quantitative estimate of drug-likeness (QED) is 0.110. The van der Waals surface area contributed by atoms with Crippen LogP contribution < -0.4 is 14.9 Å². The molecule has 252 valence electrons. The molecule has 10 atom stereocenters. The molecule has 18 nitrogen and oxygen atoms in total. The van der Waals surface area contributed by atoms with Crippen LogP contribution in [0.2, 0.25) is 0 Å². The van der Waals surface area contributed by atoms with E-state index < -0.39 is 126 Å². The van der Waals surface area contributed by atoms with Gasteiger partial charge in [0.1, 0.15) is 53.9 Å². The molecule has 3 aromatic rings. The van der Waals surface area contributed by atoms with Crippen molar-refractivity contribution in [3.63, 3.8) is 0 Å². The van der Waals surface area contributed by atoms with Crippen molar-refractivity contribution in [3.8, 4) is 45.8 Å². The number of benzene rings is 2. The summed E-state index contributed by atoms with van der Waals surface area (Å²) in [6, 6.07) is 4.00. The van der Waals surface area contributed by atoms with Crippen molar-refractivity contribution in [2.45, 2.75) is 61.4 Å². The first-order valence-corrected chi connectivity index (χ1v) is 13.7. The molecule has 0 saturated carbocycles. The molecule has 2 aliphatic rings. The molecule has 0 aliphatic carbocycles. The Morgan fingerprint density at radius 3 is 1.96 bits per heavy atom. The number of phenols is 4. The van der Waals surface area contributed by atoms with Crippen molar-refractivity contribution in [1.82, 2.24) is 0 Å². The molecule has 5 rings (SSSR count). The van der Waals surface area contributed by atoms with E-state index in [1.165, 1.54) is 6.07 Å². The summed E-state index contributed by atoms with van der Waals surface area (Å²) in [6.07, 6.45) is -18.2. The summed E-state index contributed by atoms with van der Waals surface area (Å²) in [7, 11) is 1.14. The van der Waals surface area contributed by atoms with Gasteiger partial charge in [0.25, 0.3) is 0 Å². The van der Waals surface area contributed by atoms with E-state index in [2.05, 4.69) is 0 Å². The second-order valence-electron chi connectivity index (χ2n) is 10.6. The molecule has 0 bridgehead atoms. The fraction of sp³-hybridized carbons (Fsp3) is 0.464. The first kappa shape index (κ1) is 33.4. The third-order valence-electron chi connectivity index (χ3n) is 7.68. The summed E-state index contributed by atoms with van der Waals surface area (Å²) in [5, 5.41) is 112. The van der Waals surface area contributed by atoms with Crippen molar-refractivity contribution in [1.29, 1.82) is 0 Å². The zero-order valence-corrected chi connectivity index (χ0v) is 23.8. The standard InChI is InChI=1S/C28H32O18/c1-41-23-12(34)5-11(33)15-18(37)25(22(44-24(15)23)8-2-3-9(31)10(32)4-8)45-28-26(20(39)17(36)14(7-30)43-28)46-27-21(40)19(38)16(35)13(6-29)42-27/h2-5,13-14,16-17,19-21,26-36,38-40H,6-7H2,1H3. The maximum absolute atomic E-state index is 14.0. The highest BCUT2D eigenvalue weighted by Gasteiger charge is 2.51. The van der Waals surface area contributed by atoms with E-state index >= 15 is 0 Å². The van der Waals surface area contributed by atoms with Crippen LogP contribution in [0.4, 0.5) is 0 Å². The van der Waals surface area contributed by atoms with Gasteiger partial charge in [-0.3, -0.25) is 4.79 Å². The second kappa shape index (κ2) is 13.0. The molecule has 0 radical (unpaired) electrons. The van der Waals surface area contributed by atoms with Gasteiger partial charge in [0.2, 0.25) is 23.2 Å². The molecular weight excluding hydrogens is 624 g/mol. The Morgan fingerprint density at radius 2 is 1.35 bits per heavy atom. The van der Waals surface area contributed by atoms with Crippen LogP contribution in [0.5, 0.6) is 34.5 Å². The first-order valence-electron chi connectivity index (χ1n) is 13.7. The van der Waals surface area contributed by atoms with Gasteiger partial charge in [-0.2, -0.15) is 0 Å². The SMILES string of the molecule is COc1c(O)cc(O)c2c(=O)c(OC3OC(CO)C(O)C(O)C3OC3OC(CO)C(O)C(O)C3O)c(-c3ccc(O)c(O)c3)oc12. The van der Waals surface area contributed by atoms with Gasteiger partial charge in [-0.15, -0.1) is 0 Å². The van der Waals surface area contributed by atoms with Crippen molar-refractivity contribution >= 4 is 11.0 Å². The van der Waals surface area contributed by atoms with E-state index in [1.54, 1.807) is 0 Å². The lowest BCUT2D eigenvalue weighted by molar-refractivity contribution is -0.358. The van der Waals surface area contributed by atoms with Crippen LogP contribution in [0.25, 0.3) is 22.3 Å². The Hall–Kier alpha value is -3.95. The Kier molecular flexibility index (Phi) is 9.47. The average molecular weight is 657 g/mol. The van der Waals surface area contributed by atoms with E-state index in [0.29, 0.717) is 0 Å². The fourth-order valence-electron chi connectivity index (χ4n) is 5.20. The van der Waals surface area contributed by atoms with Crippen molar-refractivity contribution in [2.24, 2.45) is 0 Å². The molecule has 2 aliphatic heterocycles. The van der Waals surface area contributed by atoms with E-state index in [9.17, 15) is 61.0 Å². The summed E-state index contributed by atoms with van der Waals surface area (Å²) in [5.41, 5.74) is -1.71. The zero-order chi connectivity index (χ0) is 33.6. The number of phenolic OH excluding ortho intramolecular Hbond substituents is 4. The molecule has 2 fully saturated rings. The zero-order valence-electron chi connectivity index (χ0n) is 23.8. The van der Waals surface area contributed by atoms with Crippen LogP contribution in [0.15, 0.2) is 33.5 Å². The summed E-state index contributed by atoms with van der Waals surface area (Å²) in [6.45, 7) is -1.71. The minimum Gasteiger partial charge on any atom is -0.507 e. The predicted octanol–water partition coefficient (Wildman–Crippen LogP) is -2.71. The number of methoxy groups -OCH3 is 1. The number of fused-ring (bicyclic) bond motifs is 1. The molecule has 0 spiro atoms. The minimum atomic E-state index is -2.00. The molecular formula is C28H32O18. The summed E-state index contributed by atoms with van der Waals surface area (Å²) >= 11 is 0. The largest absolute Gasteiger partial charge is 0.507 e. The normalized spacial score (nSPS) is 31.6. The maximum atomic E-state index is 14.0. The van der Waals surface area contributed by atoms with E-state index in [1.807, 2.05) is 0 Å². The Bertz CT molecular complexity index is 1620. The lowest BCUT2D eigenvalue weighted by Crippen LogP contribution is -2.65. The Morgan fingerprint density at radius 1 is 0.717 bits per heavy atom. The van der Waals surface area contributed by atoms with Crippen LogP contribution in [0.1, 0.15) is 0 Å².